The molecule has 2 rings (SSSR count). The van der Waals surface area contributed by atoms with Crippen LogP contribution in [0.25, 0.3) is 0 Å². The molecule has 0 saturated carbocycles. The van der Waals surface area contributed by atoms with Crippen molar-refractivity contribution >= 4 is 11.6 Å². The molecule has 17 heavy (non-hydrogen) atoms. The lowest BCUT2D eigenvalue weighted by atomic mass is 10.0. The van der Waals surface area contributed by atoms with Gasteiger partial charge in [-0.3, -0.25) is 4.90 Å². The van der Waals surface area contributed by atoms with E-state index in [0.717, 1.165) is 31.5 Å². The van der Waals surface area contributed by atoms with Crippen molar-refractivity contribution in [2.24, 2.45) is 0 Å². The number of hydrogen-bond donors (Lipinski definition) is 1. The lowest BCUT2D eigenvalue weighted by molar-refractivity contribution is 0.116. The third kappa shape index (κ3) is 2.62. The second-order valence-electron chi connectivity index (χ2n) is 4.51. The van der Waals surface area contributed by atoms with E-state index in [2.05, 4.69) is 11.8 Å². The summed E-state index contributed by atoms with van der Waals surface area (Å²) in [6, 6.07) is 4.65. The van der Waals surface area contributed by atoms with Gasteiger partial charge in [-0.1, -0.05) is 24.6 Å². The zero-order chi connectivity index (χ0) is 12.4. The summed E-state index contributed by atoms with van der Waals surface area (Å²) in [6.45, 7) is 3.94. The molecule has 1 saturated heterocycles. The van der Waals surface area contributed by atoms with Gasteiger partial charge in [0.15, 0.2) is 0 Å². The van der Waals surface area contributed by atoms with Crippen LogP contribution in [-0.2, 0) is 0 Å². The zero-order valence-electron chi connectivity index (χ0n) is 9.87. The predicted molar refractivity (Wildman–Crippen MR) is 66.6 cm³/mol. The fraction of sp³-hybridized carbons (Fsp3) is 0.538. The highest BCUT2D eigenvalue weighted by Gasteiger charge is 2.33. The molecule has 94 valence electrons. The summed E-state index contributed by atoms with van der Waals surface area (Å²) in [7, 11) is 0. The Morgan fingerprint density at radius 1 is 1.53 bits per heavy atom. The molecule has 0 aliphatic carbocycles. The average molecular weight is 258 g/mol. The van der Waals surface area contributed by atoms with Gasteiger partial charge >= 0.3 is 0 Å². The van der Waals surface area contributed by atoms with Gasteiger partial charge in [0.1, 0.15) is 5.82 Å². The summed E-state index contributed by atoms with van der Waals surface area (Å²) >= 11 is 5.79. The van der Waals surface area contributed by atoms with Crippen LogP contribution in [0.4, 0.5) is 4.39 Å². The lowest BCUT2D eigenvalue weighted by Crippen LogP contribution is -2.28. The van der Waals surface area contributed by atoms with Gasteiger partial charge in [0.05, 0.1) is 17.2 Å². The molecule has 0 radical (unpaired) electrons. The first-order valence-electron chi connectivity index (χ1n) is 6.00. The molecule has 1 aliphatic heterocycles. The number of rotatable bonds is 3. The number of nitrogens with zero attached hydrogens (tertiary/aromatic N) is 1. The largest absolute Gasteiger partial charge is 0.391 e. The molecule has 1 aromatic carbocycles. The van der Waals surface area contributed by atoms with Crippen LogP contribution in [0.1, 0.15) is 31.4 Å². The summed E-state index contributed by atoms with van der Waals surface area (Å²) in [5, 5.41) is 10.1. The van der Waals surface area contributed by atoms with Crippen LogP contribution in [-0.4, -0.2) is 29.2 Å². The van der Waals surface area contributed by atoms with E-state index in [0.29, 0.717) is 0 Å². The Balaban J connectivity index is 2.26. The van der Waals surface area contributed by atoms with Gasteiger partial charge in [-0.25, -0.2) is 4.39 Å². The molecule has 2 atom stereocenters. The number of aliphatic hydroxyl groups is 1. The maximum absolute atomic E-state index is 13.1. The molecule has 1 fully saturated rings. The second-order valence-corrected chi connectivity index (χ2v) is 4.92. The fourth-order valence-electron chi connectivity index (χ4n) is 2.51. The zero-order valence-corrected chi connectivity index (χ0v) is 10.6. The van der Waals surface area contributed by atoms with Crippen molar-refractivity contribution < 1.29 is 9.50 Å². The molecule has 1 aliphatic rings. The third-order valence-electron chi connectivity index (χ3n) is 3.27. The van der Waals surface area contributed by atoms with Crippen molar-refractivity contribution in [3.63, 3.8) is 0 Å². The van der Waals surface area contributed by atoms with Gasteiger partial charge in [-0.15, -0.1) is 0 Å². The molecule has 2 nitrogen and oxygen atoms in total. The normalized spacial score (nSPS) is 25.4. The summed E-state index contributed by atoms with van der Waals surface area (Å²) in [5.74, 6) is -0.412. The molecule has 4 heteroatoms. The maximum Gasteiger partial charge on any atom is 0.141 e. The van der Waals surface area contributed by atoms with Crippen LogP contribution in [0, 0.1) is 5.82 Å². The summed E-state index contributed by atoms with van der Waals surface area (Å²) < 4.78 is 13.1. The summed E-state index contributed by atoms with van der Waals surface area (Å²) in [4.78, 5) is 2.23. The monoisotopic (exact) mass is 257 g/mol. The van der Waals surface area contributed by atoms with E-state index in [4.69, 9.17) is 11.6 Å². The van der Waals surface area contributed by atoms with Crippen LogP contribution in [0.15, 0.2) is 18.2 Å². The van der Waals surface area contributed by atoms with E-state index in [1.54, 1.807) is 12.1 Å². The predicted octanol–water partition coefficient (Wildman–Crippen LogP) is 3.00. The minimum Gasteiger partial charge on any atom is -0.391 e. The van der Waals surface area contributed by atoms with Crippen LogP contribution in [0.2, 0.25) is 5.02 Å². The summed E-state index contributed by atoms with van der Waals surface area (Å²) in [5.41, 5.74) is 0.898. The molecule has 1 aromatic rings. The van der Waals surface area contributed by atoms with E-state index in [1.165, 1.54) is 6.07 Å². The number of aliphatic hydroxyl groups excluding tert-OH is 1. The van der Waals surface area contributed by atoms with Crippen molar-refractivity contribution in [3.05, 3.63) is 34.6 Å². The van der Waals surface area contributed by atoms with Crippen molar-refractivity contribution in [2.45, 2.75) is 31.9 Å². The van der Waals surface area contributed by atoms with Crippen LogP contribution in [0.3, 0.4) is 0 Å². The van der Waals surface area contributed by atoms with E-state index in [9.17, 15) is 9.50 Å². The smallest absolute Gasteiger partial charge is 0.141 e. The Hall–Kier alpha value is -0.640. The van der Waals surface area contributed by atoms with Gasteiger partial charge in [-0.2, -0.15) is 0 Å². The Morgan fingerprint density at radius 2 is 2.29 bits per heavy atom. The van der Waals surface area contributed by atoms with Gasteiger partial charge in [0, 0.05) is 6.54 Å². The van der Waals surface area contributed by atoms with Gasteiger partial charge in [-0.05, 0) is 37.1 Å². The van der Waals surface area contributed by atoms with E-state index in [-0.39, 0.29) is 17.2 Å². The molecule has 1 heterocycles. The van der Waals surface area contributed by atoms with Gasteiger partial charge < -0.3 is 5.11 Å². The Morgan fingerprint density at radius 3 is 2.94 bits per heavy atom. The van der Waals surface area contributed by atoms with Crippen LogP contribution >= 0.6 is 11.6 Å². The number of hydrogen-bond acceptors (Lipinski definition) is 2. The molecule has 2 unspecified atom stereocenters. The molecular weight excluding hydrogens is 241 g/mol. The molecule has 0 bridgehead atoms. The van der Waals surface area contributed by atoms with E-state index < -0.39 is 5.82 Å². The topological polar surface area (TPSA) is 23.5 Å². The van der Waals surface area contributed by atoms with E-state index >= 15 is 0 Å². The van der Waals surface area contributed by atoms with Gasteiger partial charge in [0.25, 0.3) is 0 Å². The SMILES string of the molecule is CCCN1CCC(O)C1c1ccc(F)c(Cl)c1. The van der Waals surface area contributed by atoms with Crippen molar-refractivity contribution in [1.29, 1.82) is 0 Å². The van der Waals surface area contributed by atoms with Crippen LogP contribution < -0.4 is 0 Å². The molecule has 0 amide bonds. The van der Waals surface area contributed by atoms with Gasteiger partial charge in [0.2, 0.25) is 0 Å². The average Bonchev–Trinajstić information content (AvgIpc) is 2.65. The molecule has 0 spiro atoms. The quantitative estimate of drug-likeness (QED) is 0.900. The van der Waals surface area contributed by atoms with Crippen LogP contribution in [0.5, 0.6) is 0 Å². The summed E-state index contributed by atoms with van der Waals surface area (Å²) in [6.07, 6.45) is 1.42. The lowest BCUT2D eigenvalue weighted by Gasteiger charge is -2.26. The molecule has 0 aromatic heterocycles. The minimum absolute atomic E-state index is 0.0481. The molecule has 1 N–H and O–H groups in total. The standard InChI is InChI=1S/C13H17ClFNO/c1-2-6-16-7-5-12(17)13(16)9-3-4-11(15)10(14)8-9/h3-4,8,12-13,17H,2,5-7H2,1H3. The number of benzene rings is 1. The minimum atomic E-state index is -0.412. The van der Waals surface area contributed by atoms with Crippen molar-refractivity contribution in [2.75, 3.05) is 13.1 Å². The number of likely N-dealkylation sites (tertiary alicyclic amines) is 1. The third-order valence-corrected chi connectivity index (χ3v) is 3.56. The molecular formula is C13H17ClFNO. The Kier molecular flexibility index (Phi) is 4.02. The number of halogens is 2. The highest BCUT2D eigenvalue weighted by molar-refractivity contribution is 6.30. The Bertz CT molecular complexity index is 397. The van der Waals surface area contributed by atoms with E-state index in [1.807, 2.05) is 0 Å². The Labute approximate surface area is 106 Å². The first-order chi connectivity index (χ1) is 8.13. The second kappa shape index (κ2) is 5.34. The first kappa shape index (κ1) is 12.8. The fourth-order valence-corrected chi connectivity index (χ4v) is 2.69. The highest BCUT2D eigenvalue weighted by atomic mass is 35.5. The highest BCUT2D eigenvalue weighted by Crippen LogP contribution is 2.33. The van der Waals surface area contributed by atoms with Crippen molar-refractivity contribution in [1.82, 2.24) is 4.90 Å². The maximum atomic E-state index is 13.1. The van der Waals surface area contributed by atoms with Crippen molar-refractivity contribution in [3.8, 4) is 0 Å². The first-order valence-corrected chi connectivity index (χ1v) is 6.38.